The molecule has 1 aliphatic carbocycles. The van der Waals surface area contributed by atoms with E-state index in [9.17, 15) is 9.59 Å². The zero-order valence-corrected chi connectivity index (χ0v) is 13.0. The van der Waals surface area contributed by atoms with E-state index in [0.717, 1.165) is 19.3 Å². The van der Waals surface area contributed by atoms with Crippen molar-refractivity contribution in [3.63, 3.8) is 0 Å². The topological polar surface area (TPSA) is 75.6 Å². The monoisotopic (exact) mass is 301 g/mol. The number of nitrogens with one attached hydrogen (secondary N) is 1. The van der Waals surface area contributed by atoms with Crippen LogP contribution in [0.1, 0.15) is 40.0 Å². The molecule has 0 radical (unpaired) electrons. The summed E-state index contributed by atoms with van der Waals surface area (Å²) >= 11 is 1.56. The minimum Gasteiger partial charge on any atom is -0.480 e. The van der Waals surface area contributed by atoms with Crippen LogP contribution >= 0.6 is 11.8 Å². The van der Waals surface area contributed by atoms with E-state index >= 15 is 0 Å². The van der Waals surface area contributed by atoms with Gasteiger partial charge in [-0.05, 0) is 40.0 Å². The summed E-state index contributed by atoms with van der Waals surface area (Å²) in [7, 11) is 0. The van der Waals surface area contributed by atoms with Crippen LogP contribution in [0.2, 0.25) is 0 Å². The molecule has 1 rings (SSSR count). The summed E-state index contributed by atoms with van der Waals surface area (Å²) in [5.41, 5.74) is -0.633. The maximum Gasteiger partial charge on any atom is 0.408 e. The van der Waals surface area contributed by atoms with Crippen LogP contribution in [0.3, 0.4) is 0 Å². The van der Waals surface area contributed by atoms with Crippen molar-refractivity contribution in [2.45, 2.75) is 56.9 Å². The zero-order chi connectivity index (χ0) is 15.2. The highest BCUT2D eigenvalue weighted by atomic mass is 32.2. The van der Waals surface area contributed by atoms with Crippen LogP contribution < -0.4 is 5.32 Å². The second-order valence-corrected chi connectivity index (χ2v) is 7.04. The molecular formula is C14H23NO4S. The van der Waals surface area contributed by atoms with Crippen LogP contribution in [-0.2, 0) is 9.53 Å². The summed E-state index contributed by atoms with van der Waals surface area (Å²) in [5, 5.41) is 11.9. The van der Waals surface area contributed by atoms with E-state index in [1.165, 1.54) is 0 Å². The van der Waals surface area contributed by atoms with Gasteiger partial charge >= 0.3 is 12.1 Å². The number of ether oxygens (including phenoxy) is 1. The molecule has 0 heterocycles. The van der Waals surface area contributed by atoms with Gasteiger partial charge < -0.3 is 15.2 Å². The number of hydrogen-bond acceptors (Lipinski definition) is 4. The summed E-state index contributed by atoms with van der Waals surface area (Å²) in [6.07, 6.45) is 6.82. The molecule has 0 aromatic heterocycles. The van der Waals surface area contributed by atoms with Gasteiger partial charge in [0, 0.05) is 11.0 Å². The van der Waals surface area contributed by atoms with Gasteiger partial charge in [-0.25, -0.2) is 9.59 Å². The fraction of sp³-hybridized carbons (Fsp3) is 0.714. The first kappa shape index (κ1) is 16.9. The van der Waals surface area contributed by atoms with Gasteiger partial charge in [0.2, 0.25) is 0 Å². The fourth-order valence-electron chi connectivity index (χ4n) is 1.76. The number of thioether (sulfide) groups is 1. The maximum atomic E-state index is 11.6. The van der Waals surface area contributed by atoms with E-state index in [1.807, 2.05) is 0 Å². The number of carbonyl (C=O) groups excluding carboxylic acids is 1. The molecule has 0 saturated carbocycles. The molecule has 0 aliphatic heterocycles. The Morgan fingerprint density at radius 2 is 2.20 bits per heavy atom. The molecule has 2 unspecified atom stereocenters. The summed E-state index contributed by atoms with van der Waals surface area (Å²) in [6.45, 7) is 5.22. The Labute approximate surface area is 124 Å². The summed E-state index contributed by atoms with van der Waals surface area (Å²) in [4.78, 5) is 22.8. The standard InChI is InChI=1S/C14H23NO4S/c1-14(2,3)19-13(18)15-11(12(16)17)9-20-10-7-5-4-6-8-10/h5,7,10-11H,4,6,8-9H2,1-3H3,(H,15,18)(H,16,17). The van der Waals surface area contributed by atoms with Gasteiger partial charge in [-0.2, -0.15) is 11.8 Å². The van der Waals surface area contributed by atoms with Crippen molar-refractivity contribution in [2.24, 2.45) is 0 Å². The number of rotatable bonds is 5. The lowest BCUT2D eigenvalue weighted by molar-refractivity contribution is -0.138. The predicted molar refractivity (Wildman–Crippen MR) is 80.0 cm³/mol. The van der Waals surface area contributed by atoms with Crippen molar-refractivity contribution in [3.8, 4) is 0 Å². The van der Waals surface area contributed by atoms with Gasteiger partial charge in [-0.3, -0.25) is 0 Å². The van der Waals surface area contributed by atoms with Crippen molar-refractivity contribution in [3.05, 3.63) is 12.2 Å². The van der Waals surface area contributed by atoms with Gasteiger partial charge in [-0.15, -0.1) is 0 Å². The Morgan fingerprint density at radius 1 is 1.50 bits per heavy atom. The number of carbonyl (C=O) groups is 2. The number of alkyl carbamates (subject to hydrolysis) is 1. The molecule has 5 nitrogen and oxygen atoms in total. The van der Waals surface area contributed by atoms with Crippen molar-refractivity contribution in [2.75, 3.05) is 5.75 Å². The molecule has 2 N–H and O–H groups in total. The number of allylic oxidation sites excluding steroid dienone is 1. The number of carboxylic acid groups (broad SMARTS) is 1. The fourth-order valence-corrected chi connectivity index (χ4v) is 2.99. The van der Waals surface area contributed by atoms with Crippen LogP contribution in [0, 0.1) is 0 Å². The largest absolute Gasteiger partial charge is 0.480 e. The van der Waals surface area contributed by atoms with E-state index in [-0.39, 0.29) is 0 Å². The number of aliphatic carboxylic acids is 1. The van der Waals surface area contributed by atoms with Crippen LogP contribution in [-0.4, -0.2) is 39.8 Å². The lowest BCUT2D eigenvalue weighted by Gasteiger charge is -2.23. The zero-order valence-electron chi connectivity index (χ0n) is 12.2. The Balaban J connectivity index is 2.44. The summed E-state index contributed by atoms with van der Waals surface area (Å²) in [6, 6.07) is -0.926. The van der Waals surface area contributed by atoms with Crippen molar-refractivity contribution in [1.82, 2.24) is 5.32 Å². The Bertz CT molecular complexity index is 376. The van der Waals surface area contributed by atoms with E-state index in [2.05, 4.69) is 17.5 Å². The molecule has 20 heavy (non-hydrogen) atoms. The SMILES string of the molecule is CC(C)(C)OC(=O)NC(CSC1C=CCCC1)C(=O)O. The predicted octanol–water partition coefficient (Wildman–Crippen LogP) is 2.81. The minimum absolute atomic E-state index is 0.337. The highest BCUT2D eigenvalue weighted by Crippen LogP contribution is 2.23. The lowest BCUT2D eigenvalue weighted by atomic mass is 10.1. The molecule has 1 aliphatic rings. The Morgan fingerprint density at radius 3 is 2.70 bits per heavy atom. The summed E-state index contributed by atoms with van der Waals surface area (Å²) in [5.74, 6) is -0.702. The molecule has 0 saturated heterocycles. The quantitative estimate of drug-likeness (QED) is 0.764. The van der Waals surface area contributed by atoms with Crippen LogP contribution in [0.4, 0.5) is 4.79 Å². The third-order valence-electron chi connectivity index (χ3n) is 2.68. The summed E-state index contributed by atoms with van der Waals surface area (Å²) < 4.78 is 5.07. The average Bonchev–Trinajstić information content (AvgIpc) is 2.33. The van der Waals surface area contributed by atoms with Crippen LogP contribution in [0.25, 0.3) is 0 Å². The third kappa shape index (κ3) is 6.84. The normalized spacial score (nSPS) is 20.2. The third-order valence-corrected chi connectivity index (χ3v) is 4.02. The van der Waals surface area contributed by atoms with E-state index in [1.54, 1.807) is 32.5 Å². The molecule has 0 aromatic carbocycles. The number of hydrogen-bond donors (Lipinski definition) is 2. The molecule has 0 spiro atoms. The van der Waals surface area contributed by atoms with Crippen LogP contribution in [0.5, 0.6) is 0 Å². The first-order chi connectivity index (χ1) is 9.28. The van der Waals surface area contributed by atoms with E-state index < -0.39 is 23.7 Å². The van der Waals surface area contributed by atoms with Crippen molar-refractivity contribution < 1.29 is 19.4 Å². The van der Waals surface area contributed by atoms with Crippen LogP contribution in [0.15, 0.2) is 12.2 Å². The molecule has 0 bridgehead atoms. The molecule has 1 amide bonds. The number of carboxylic acids is 1. The van der Waals surface area contributed by atoms with Crippen molar-refractivity contribution in [1.29, 1.82) is 0 Å². The Kier molecular flexibility index (Phi) is 6.39. The van der Waals surface area contributed by atoms with Gasteiger partial charge in [0.05, 0.1) is 0 Å². The highest BCUT2D eigenvalue weighted by molar-refractivity contribution is 8.00. The Hall–Kier alpha value is -1.17. The second-order valence-electron chi connectivity index (χ2n) is 5.77. The van der Waals surface area contributed by atoms with E-state index in [0.29, 0.717) is 11.0 Å². The first-order valence-electron chi connectivity index (χ1n) is 6.78. The van der Waals surface area contributed by atoms with Gasteiger partial charge in [-0.1, -0.05) is 12.2 Å². The van der Waals surface area contributed by atoms with Gasteiger partial charge in [0.25, 0.3) is 0 Å². The number of amides is 1. The smallest absolute Gasteiger partial charge is 0.408 e. The maximum absolute atomic E-state index is 11.6. The van der Waals surface area contributed by atoms with Gasteiger partial charge in [0.15, 0.2) is 0 Å². The lowest BCUT2D eigenvalue weighted by Crippen LogP contribution is -2.45. The van der Waals surface area contributed by atoms with E-state index in [4.69, 9.17) is 9.84 Å². The van der Waals surface area contributed by atoms with Crippen molar-refractivity contribution >= 4 is 23.8 Å². The molecule has 114 valence electrons. The minimum atomic E-state index is -1.04. The second kappa shape index (κ2) is 7.57. The van der Waals surface area contributed by atoms with Gasteiger partial charge in [0.1, 0.15) is 11.6 Å². The first-order valence-corrected chi connectivity index (χ1v) is 7.83. The highest BCUT2D eigenvalue weighted by Gasteiger charge is 2.25. The molecule has 6 heteroatoms. The molecule has 0 fully saturated rings. The molecular weight excluding hydrogens is 278 g/mol. The molecule has 0 aromatic rings. The molecule has 2 atom stereocenters. The average molecular weight is 301 g/mol.